The third kappa shape index (κ3) is 4.35. The van der Waals surface area contributed by atoms with Gasteiger partial charge in [0.1, 0.15) is 5.76 Å². The van der Waals surface area contributed by atoms with Gasteiger partial charge in [-0.15, -0.1) is 21.5 Å². The summed E-state index contributed by atoms with van der Waals surface area (Å²) in [6.45, 7) is 2.52. The Kier molecular flexibility index (Phi) is 5.59. The number of hydrogen-bond donors (Lipinski definition) is 1. The molecule has 3 heterocycles. The van der Waals surface area contributed by atoms with Crippen LogP contribution in [-0.4, -0.2) is 26.4 Å². The van der Waals surface area contributed by atoms with E-state index in [9.17, 15) is 4.79 Å². The van der Waals surface area contributed by atoms with E-state index in [2.05, 4.69) is 15.5 Å². The predicted octanol–water partition coefficient (Wildman–Crippen LogP) is 4.69. The molecule has 1 amide bonds. The van der Waals surface area contributed by atoms with Crippen LogP contribution in [0.15, 0.2) is 69.7 Å². The van der Waals surface area contributed by atoms with Crippen molar-refractivity contribution in [2.45, 2.75) is 18.6 Å². The number of nitrogens with zero attached hydrogens (tertiary/aromatic N) is 3. The fourth-order valence-electron chi connectivity index (χ4n) is 2.65. The zero-order chi connectivity index (χ0) is 19.3. The smallest absolute Gasteiger partial charge is 0.234 e. The molecular weight excluding hydrogens is 392 g/mol. The molecule has 4 rings (SSSR count). The molecule has 1 aromatic carbocycles. The number of aromatic nitrogens is 3. The number of amides is 1. The van der Waals surface area contributed by atoms with Crippen molar-refractivity contribution >= 4 is 34.7 Å². The highest BCUT2D eigenvalue weighted by atomic mass is 32.2. The molecule has 0 bridgehead atoms. The van der Waals surface area contributed by atoms with E-state index in [0.29, 0.717) is 11.7 Å². The first-order chi connectivity index (χ1) is 13.7. The third-order valence-electron chi connectivity index (χ3n) is 4.02. The van der Waals surface area contributed by atoms with Crippen molar-refractivity contribution in [2.24, 2.45) is 0 Å². The van der Waals surface area contributed by atoms with Gasteiger partial charge in [-0.25, -0.2) is 0 Å². The van der Waals surface area contributed by atoms with Crippen molar-refractivity contribution in [2.75, 3.05) is 11.1 Å². The zero-order valence-corrected chi connectivity index (χ0v) is 16.8. The largest absolute Gasteiger partial charge is 0.467 e. The average molecular weight is 411 g/mol. The molecule has 0 spiro atoms. The van der Waals surface area contributed by atoms with E-state index in [-0.39, 0.29) is 11.7 Å². The summed E-state index contributed by atoms with van der Waals surface area (Å²) in [5, 5.41) is 14.2. The lowest BCUT2D eigenvalue weighted by atomic mass is 10.2. The lowest BCUT2D eigenvalue weighted by Crippen LogP contribution is -2.14. The molecule has 8 heteroatoms. The Balaban J connectivity index is 1.49. The number of benzene rings is 1. The van der Waals surface area contributed by atoms with E-state index in [0.717, 1.165) is 27.7 Å². The lowest BCUT2D eigenvalue weighted by molar-refractivity contribution is -0.113. The minimum Gasteiger partial charge on any atom is -0.467 e. The number of rotatable bonds is 7. The number of hydrogen-bond acceptors (Lipinski definition) is 6. The zero-order valence-electron chi connectivity index (χ0n) is 15.2. The standard InChI is InChI=1S/C20H18N4O2S2/c1-14-6-8-15(9-7-14)21-18(25)13-28-20-23-22-19(17-5-3-11-27-17)24(20)12-16-4-2-10-26-16/h2-11H,12-13H2,1H3,(H,21,25). The summed E-state index contributed by atoms with van der Waals surface area (Å²) < 4.78 is 7.47. The second-order valence-corrected chi connectivity index (χ2v) is 8.04. The van der Waals surface area contributed by atoms with Gasteiger partial charge in [0.05, 0.1) is 23.4 Å². The van der Waals surface area contributed by atoms with E-state index in [4.69, 9.17) is 4.42 Å². The van der Waals surface area contributed by atoms with Crippen molar-refractivity contribution in [3.63, 3.8) is 0 Å². The Hall–Kier alpha value is -2.84. The van der Waals surface area contributed by atoms with Crippen LogP contribution in [0.5, 0.6) is 0 Å². The van der Waals surface area contributed by atoms with E-state index in [1.165, 1.54) is 11.8 Å². The van der Waals surface area contributed by atoms with Crippen LogP contribution >= 0.6 is 23.1 Å². The molecule has 0 saturated heterocycles. The normalized spacial score (nSPS) is 10.9. The number of furan rings is 1. The number of thiophene rings is 1. The predicted molar refractivity (Wildman–Crippen MR) is 112 cm³/mol. The van der Waals surface area contributed by atoms with E-state index >= 15 is 0 Å². The SMILES string of the molecule is Cc1ccc(NC(=O)CSc2nnc(-c3cccs3)n2Cc2ccco2)cc1. The third-order valence-corrected chi connectivity index (χ3v) is 5.85. The van der Waals surface area contributed by atoms with E-state index in [1.54, 1.807) is 17.6 Å². The first kappa shape index (κ1) is 18.5. The summed E-state index contributed by atoms with van der Waals surface area (Å²) in [6.07, 6.45) is 1.65. The highest BCUT2D eigenvalue weighted by molar-refractivity contribution is 7.99. The van der Waals surface area contributed by atoms with Crippen LogP contribution in [0.2, 0.25) is 0 Å². The topological polar surface area (TPSA) is 73.0 Å². The van der Waals surface area contributed by atoms with Crippen LogP contribution in [0, 0.1) is 6.92 Å². The number of aryl methyl sites for hydroxylation is 1. The Morgan fingerprint density at radius 2 is 2.04 bits per heavy atom. The highest BCUT2D eigenvalue weighted by Crippen LogP contribution is 2.28. The number of anilines is 1. The minimum atomic E-state index is -0.0842. The van der Waals surface area contributed by atoms with Gasteiger partial charge in [0, 0.05) is 5.69 Å². The van der Waals surface area contributed by atoms with Gasteiger partial charge in [0.15, 0.2) is 11.0 Å². The molecule has 0 atom stereocenters. The van der Waals surface area contributed by atoms with Crippen LogP contribution in [0.1, 0.15) is 11.3 Å². The van der Waals surface area contributed by atoms with Gasteiger partial charge in [0.25, 0.3) is 0 Å². The summed E-state index contributed by atoms with van der Waals surface area (Å²) in [4.78, 5) is 13.4. The van der Waals surface area contributed by atoms with Crippen molar-refractivity contribution < 1.29 is 9.21 Å². The Labute approximate surface area is 170 Å². The monoisotopic (exact) mass is 410 g/mol. The molecule has 0 aliphatic heterocycles. The molecule has 0 radical (unpaired) electrons. The molecule has 0 saturated carbocycles. The molecule has 0 aliphatic carbocycles. The Morgan fingerprint density at radius 3 is 2.75 bits per heavy atom. The van der Waals surface area contributed by atoms with Crippen LogP contribution in [-0.2, 0) is 11.3 Å². The Bertz CT molecular complexity index is 1040. The molecule has 1 N–H and O–H groups in total. The number of nitrogens with one attached hydrogen (secondary N) is 1. The summed E-state index contributed by atoms with van der Waals surface area (Å²) in [6, 6.07) is 15.5. The van der Waals surface area contributed by atoms with Crippen molar-refractivity contribution in [3.8, 4) is 10.7 Å². The highest BCUT2D eigenvalue weighted by Gasteiger charge is 2.17. The Morgan fingerprint density at radius 1 is 1.18 bits per heavy atom. The first-order valence-electron chi connectivity index (χ1n) is 8.68. The van der Waals surface area contributed by atoms with Gasteiger partial charge in [-0.2, -0.15) is 0 Å². The van der Waals surface area contributed by atoms with Gasteiger partial charge in [-0.3, -0.25) is 9.36 Å². The fraction of sp³-hybridized carbons (Fsp3) is 0.150. The molecule has 142 valence electrons. The molecule has 0 unspecified atom stereocenters. The maximum Gasteiger partial charge on any atom is 0.234 e. The molecule has 4 aromatic rings. The summed E-state index contributed by atoms with van der Waals surface area (Å²) >= 11 is 2.96. The average Bonchev–Trinajstić information content (AvgIpc) is 3.44. The van der Waals surface area contributed by atoms with Gasteiger partial charge >= 0.3 is 0 Å². The second kappa shape index (κ2) is 8.45. The molecule has 28 heavy (non-hydrogen) atoms. The van der Waals surface area contributed by atoms with Crippen LogP contribution in [0.4, 0.5) is 5.69 Å². The second-order valence-electron chi connectivity index (χ2n) is 6.15. The van der Waals surface area contributed by atoms with Crippen LogP contribution in [0.3, 0.4) is 0 Å². The molecule has 0 aliphatic rings. The van der Waals surface area contributed by atoms with Gasteiger partial charge < -0.3 is 9.73 Å². The fourth-order valence-corrected chi connectivity index (χ4v) is 4.10. The first-order valence-corrected chi connectivity index (χ1v) is 10.5. The van der Waals surface area contributed by atoms with Gasteiger partial charge in [-0.05, 0) is 42.6 Å². The number of carbonyl (C=O) groups is 1. The number of carbonyl (C=O) groups excluding carboxylic acids is 1. The van der Waals surface area contributed by atoms with Gasteiger partial charge in [-0.1, -0.05) is 35.5 Å². The molecule has 0 fully saturated rings. The maximum absolute atomic E-state index is 12.3. The summed E-state index contributed by atoms with van der Waals surface area (Å²) in [5.41, 5.74) is 1.94. The molecule has 3 aromatic heterocycles. The summed E-state index contributed by atoms with van der Waals surface area (Å²) in [7, 11) is 0. The van der Waals surface area contributed by atoms with Crippen molar-refractivity contribution in [1.82, 2.24) is 14.8 Å². The van der Waals surface area contributed by atoms with Crippen molar-refractivity contribution in [3.05, 3.63) is 71.5 Å². The lowest BCUT2D eigenvalue weighted by Gasteiger charge is -2.08. The van der Waals surface area contributed by atoms with Crippen molar-refractivity contribution in [1.29, 1.82) is 0 Å². The van der Waals surface area contributed by atoms with Crippen LogP contribution in [0.25, 0.3) is 10.7 Å². The van der Waals surface area contributed by atoms with Gasteiger partial charge in [0.2, 0.25) is 5.91 Å². The number of thioether (sulfide) groups is 1. The molecular formula is C20H18N4O2S2. The van der Waals surface area contributed by atoms with Crippen LogP contribution < -0.4 is 5.32 Å². The minimum absolute atomic E-state index is 0.0842. The molecule has 6 nitrogen and oxygen atoms in total. The summed E-state index contributed by atoms with van der Waals surface area (Å²) in [5.74, 6) is 1.74. The van der Waals surface area contributed by atoms with E-state index < -0.39 is 0 Å². The maximum atomic E-state index is 12.3. The quantitative estimate of drug-likeness (QED) is 0.448. The van der Waals surface area contributed by atoms with E-state index in [1.807, 2.05) is 65.4 Å².